The summed E-state index contributed by atoms with van der Waals surface area (Å²) in [6.45, 7) is 4.40. The molecule has 14 heavy (non-hydrogen) atoms. The van der Waals surface area contributed by atoms with Crippen LogP contribution in [-0.4, -0.2) is 17.4 Å². The highest BCUT2D eigenvalue weighted by molar-refractivity contribution is 7.10. The molecule has 1 atom stereocenters. The highest BCUT2D eigenvalue weighted by atomic mass is 32.1. The van der Waals surface area contributed by atoms with Gasteiger partial charge in [0.1, 0.15) is 0 Å². The van der Waals surface area contributed by atoms with Crippen molar-refractivity contribution in [1.29, 1.82) is 0 Å². The maximum absolute atomic E-state index is 11.5. The van der Waals surface area contributed by atoms with E-state index in [1.807, 2.05) is 11.0 Å². The van der Waals surface area contributed by atoms with Crippen LogP contribution in [0.5, 0.6) is 0 Å². The lowest BCUT2D eigenvalue weighted by Gasteiger charge is -2.22. The fraction of sp³-hybridized carbons (Fsp3) is 0.364. The predicted octanol–water partition coefficient (Wildman–Crippen LogP) is 2.60. The average molecular weight is 207 g/mol. The standard InChI is InChI=1S/C11H13NOS/c1-2-11(13)12-7-3-5-9(12)10-6-4-8-14-10/h2,4,6,8-9H,1,3,5,7H2. The van der Waals surface area contributed by atoms with E-state index >= 15 is 0 Å². The molecule has 1 aliphatic heterocycles. The van der Waals surface area contributed by atoms with Crippen molar-refractivity contribution in [2.45, 2.75) is 18.9 Å². The van der Waals surface area contributed by atoms with Crippen molar-refractivity contribution in [2.75, 3.05) is 6.54 Å². The number of likely N-dealkylation sites (tertiary alicyclic amines) is 1. The van der Waals surface area contributed by atoms with Crippen LogP contribution < -0.4 is 0 Å². The van der Waals surface area contributed by atoms with E-state index in [9.17, 15) is 4.79 Å². The van der Waals surface area contributed by atoms with Gasteiger partial charge in [-0.2, -0.15) is 0 Å². The predicted molar refractivity (Wildman–Crippen MR) is 58.2 cm³/mol. The van der Waals surface area contributed by atoms with Gasteiger partial charge in [0.25, 0.3) is 0 Å². The van der Waals surface area contributed by atoms with Gasteiger partial charge in [-0.3, -0.25) is 4.79 Å². The average Bonchev–Trinajstić information content (AvgIpc) is 2.85. The van der Waals surface area contributed by atoms with Gasteiger partial charge in [-0.15, -0.1) is 11.3 Å². The summed E-state index contributed by atoms with van der Waals surface area (Å²) >= 11 is 1.72. The van der Waals surface area contributed by atoms with Crippen LogP contribution in [0.25, 0.3) is 0 Å². The third-order valence-electron chi connectivity index (χ3n) is 2.58. The van der Waals surface area contributed by atoms with Crippen molar-refractivity contribution in [1.82, 2.24) is 4.90 Å². The molecule has 1 fully saturated rings. The van der Waals surface area contributed by atoms with Gasteiger partial charge in [0.15, 0.2) is 0 Å². The highest BCUT2D eigenvalue weighted by Crippen LogP contribution is 2.34. The molecule has 1 saturated heterocycles. The number of carbonyl (C=O) groups is 1. The maximum Gasteiger partial charge on any atom is 0.246 e. The Balaban J connectivity index is 2.19. The van der Waals surface area contributed by atoms with E-state index in [2.05, 4.69) is 18.0 Å². The quantitative estimate of drug-likeness (QED) is 0.683. The Morgan fingerprint density at radius 3 is 3.21 bits per heavy atom. The minimum atomic E-state index is 0.0564. The zero-order valence-electron chi connectivity index (χ0n) is 7.98. The highest BCUT2D eigenvalue weighted by Gasteiger charge is 2.28. The Morgan fingerprint density at radius 2 is 2.57 bits per heavy atom. The third kappa shape index (κ3) is 1.60. The molecule has 1 aromatic rings. The van der Waals surface area contributed by atoms with E-state index in [0.29, 0.717) is 6.04 Å². The molecular formula is C11H13NOS. The first-order valence-electron chi connectivity index (χ1n) is 4.79. The lowest BCUT2D eigenvalue weighted by atomic mass is 10.2. The van der Waals surface area contributed by atoms with Crippen LogP contribution in [0.4, 0.5) is 0 Å². The van der Waals surface area contributed by atoms with Gasteiger partial charge in [0.2, 0.25) is 5.91 Å². The normalized spacial score (nSPS) is 21.1. The molecule has 0 N–H and O–H groups in total. The molecule has 2 nitrogen and oxygen atoms in total. The number of hydrogen-bond acceptors (Lipinski definition) is 2. The monoisotopic (exact) mass is 207 g/mol. The lowest BCUT2D eigenvalue weighted by molar-refractivity contribution is -0.126. The molecular weight excluding hydrogens is 194 g/mol. The summed E-state index contributed by atoms with van der Waals surface area (Å²) in [4.78, 5) is 14.7. The second-order valence-electron chi connectivity index (χ2n) is 3.41. The van der Waals surface area contributed by atoms with Gasteiger partial charge in [0, 0.05) is 11.4 Å². The zero-order valence-corrected chi connectivity index (χ0v) is 8.80. The molecule has 1 amide bonds. The van der Waals surface area contributed by atoms with E-state index < -0.39 is 0 Å². The van der Waals surface area contributed by atoms with Crippen LogP contribution in [0, 0.1) is 0 Å². The van der Waals surface area contributed by atoms with Crippen molar-refractivity contribution in [3.8, 4) is 0 Å². The molecule has 74 valence electrons. The molecule has 0 aliphatic carbocycles. The van der Waals surface area contributed by atoms with Crippen LogP contribution in [0.3, 0.4) is 0 Å². The van der Waals surface area contributed by atoms with E-state index in [4.69, 9.17) is 0 Å². The summed E-state index contributed by atoms with van der Waals surface area (Å²) in [6.07, 6.45) is 3.59. The van der Waals surface area contributed by atoms with Crippen molar-refractivity contribution in [2.24, 2.45) is 0 Å². The van der Waals surface area contributed by atoms with Gasteiger partial charge >= 0.3 is 0 Å². The number of amides is 1. The van der Waals surface area contributed by atoms with Crippen molar-refractivity contribution in [3.05, 3.63) is 35.0 Å². The Hall–Kier alpha value is -1.09. The largest absolute Gasteiger partial charge is 0.331 e. The van der Waals surface area contributed by atoms with Crippen LogP contribution >= 0.6 is 11.3 Å². The second kappa shape index (κ2) is 3.96. The van der Waals surface area contributed by atoms with Gasteiger partial charge in [-0.05, 0) is 30.4 Å². The number of rotatable bonds is 2. The first-order chi connectivity index (χ1) is 6.83. The fourth-order valence-corrected chi connectivity index (χ4v) is 2.80. The van der Waals surface area contributed by atoms with Crippen LogP contribution in [0.15, 0.2) is 30.2 Å². The summed E-state index contributed by atoms with van der Waals surface area (Å²) in [5.41, 5.74) is 0. The minimum Gasteiger partial charge on any atom is -0.331 e. The van der Waals surface area contributed by atoms with Crippen LogP contribution in [0.1, 0.15) is 23.8 Å². The van der Waals surface area contributed by atoms with Crippen LogP contribution in [-0.2, 0) is 4.79 Å². The number of hydrogen-bond donors (Lipinski definition) is 0. The molecule has 0 spiro atoms. The summed E-state index contributed by atoms with van der Waals surface area (Å²) in [5, 5.41) is 2.06. The SMILES string of the molecule is C=CC(=O)N1CCCC1c1cccs1. The minimum absolute atomic E-state index is 0.0564. The molecule has 0 bridgehead atoms. The lowest BCUT2D eigenvalue weighted by Crippen LogP contribution is -2.28. The Kier molecular flexibility index (Phi) is 2.68. The summed E-state index contributed by atoms with van der Waals surface area (Å²) < 4.78 is 0. The number of nitrogens with zero attached hydrogens (tertiary/aromatic N) is 1. The molecule has 1 aromatic heterocycles. The first kappa shape index (κ1) is 9.46. The number of carbonyl (C=O) groups excluding carboxylic acids is 1. The molecule has 1 unspecified atom stereocenters. The van der Waals surface area contributed by atoms with E-state index in [0.717, 1.165) is 19.4 Å². The Morgan fingerprint density at radius 1 is 1.71 bits per heavy atom. The zero-order chi connectivity index (χ0) is 9.97. The summed E-state index contributed by atoms with van der Waals surface area (Å²) in [7, 11) is 0. The van der Waals surface area contributed by atoms with Gasteiger partial charge in [0.05, 0.1) is 6.04 Å². The topological polar surface area (TPSA) is 20.3 Å². The molecule has 2 rings (SSSR count). The fourth-order valence-electron chi connectivity index (χ4n) is 1.92. The summed E-state index contributed by atoms with van der Waals surface area (Å²) in [5.74, 6) is 0.0564. The molecule has 2 heterocycles. The number of thiophene rings is 1. The molecule has 3 heteroatoms. The molecule has 0 radical (unpaired) electrons. The van der Waals surface area contributed by atoms with E-state index in [-0.39, 0.29) is 5.91 Å². The first-order valence-corrected chi connectivity index (χ1v) is 5.67. The van der Waals surface area contributed by atoms with Gasteiger partial charge < -0.3 is 4.90 Å². The molecule has 1 aliphatic rings. The van der Waals surface area contributed by atoms with Gasteiger partial charge in [-0.25, -0.2) is 0 Å². The second-order valence-corrected chi connectivity index (χ2v) is 4.39. The third-order valence-corrected chi connectivity index (χ3v) is 3.56. The smallest absolute Gasteiger partial charge is 0.246 e. The Bertz CT molecular complexity index is 331. The summed E-state index contributed by atoms with van der Waals surface area (Å²) in [6, 6.07) is 4.43. The molecule has 0 aromatic carbocycles. The van der Waals surface area contributed by atoms with Gasteiger partial charge in [-0.1, -0.05) is 12.6 Å². The molecule has 0 saturated carbocycles. The van der Waals surface area contributed by atoms with Crippen molar-refractivity contribution in [3.63, 3.8) is 0 Å². The van der Waals surface area contributed by atoms with Crippen molar-refractivity contribution < 1.29 is 4.79 Å². The Labute approximate surface area is 87.9 Å². The van der Waals surface area contributed by atoms with Crippen molar-refractivity contribution >= 4 is 17.2 Å². The maximum atomic E-state index is 11.5. The van der Waals surface area contributed by atoms with E-state index in [1.165, 1.54) is 11.0 Å². The van der Waals surface area contributed by atoms with Crippen LogP contribution in [0.2, 0.25) is 0 Å². The van der Waals surface area contributed by atoms with E-state index in [1.54, 1.807) is 11.3 Å².